The number of halogens is 2. The van der Waals surface area contributed by atoms with Crippen LogP contribution in [0.3, 0.4) is 0 Å². The van der Waals surface area contributed by atoms with E-state index in [4.69, 9.17) is 9.84 Å². The van der Waals surface area contributed by atoms with Crippen LogP contribution in [0.2, 0.25) is 0 Å². The fourth-order valence-corrected chi connectivity index (χ4v) is 4.23. The summed E-state index contributed by atoms with van der Waals surface area (Å²) in [5.74, 6) is -1.01. The Morgan fingerprint density at radius 3 is 2.83 bits per heavy atom. The third-order valence-corrected chi connectivity index (χ3v) is 5.94. The van der Waals surface area contributed by atoms with Crippen LogP contribution in [-0.4, -0.2) is 51.2 Å². The van der Waals surface area contributed by atoms with Crippen molar-refractivity contribution in [2.24, 2.45) is 0 Å². The molecule has 2 N–H and O–H groups in total. The van der Waals surface area contributed by atoms with Crippen LogP contribution < -0.4 is 10.1 Å². The number of carbonyl (C=O) groups excluding carboxylic acids is 2. The fraction of sp³-hybridized carbons (Fsp3) is 0.278. The van der Waals surface area contributed by atoms with E-state index in [1.807, 2.05) is 0 Å². The lowest BCUT2D eigenvalue weighted by Crippen LogP contribution is -2.25. The number of hydrogen-bond donors (Lipinski definition) is 2. The van der Waals surface area contributed by atoms with Crippen LogP contribution in [0.25, 0.3) is 11.0 Å². The van der Waals surface area contributed by atoms with E-state index in [9.17, 15) is 18.4 Å². The molecule has 0 aliphatic heterocycles. The smallest absolute Gasteiger partial charge is 0.297 e. The molecule has 0 aromatic carbocycles. The predicted molar refractivity (Wildman–Crippen MR) is 107 cm³/mol. The van der Waals surface area contributed by atoms with Gasteiger partial charge in [0.15, 0.2) is 17.3 Å². The number of thiophene rings is 1. The normalized spacial score (nSPS) is 11.1. The van der Waals surface area contributed by atoms with Gasteiger partial charge in [0.25, 0.3) is 6.43 Å². The first-order chi connectivity index (χ1) is 14.4. The number of aliphatic hydroxyl groups excluding tert-OH is 1. The molecule has 0 atom stereocenters. The number of aliphatic hydroxyl groups is 1. The van der Waals surface area contributed by atoms with E-state index in [1.165, 1.54) is 24.6 Å². The molecule has 0 aliphatic carbocycles. The Bertz CT molecular complexity index is 1080. The first kappa shape index (κ1) is 22.0. The van der Waals surface area contributed by atoms with Crippen molar-refractivity contribution in [2.75, 3.05) is 19.5 Å². The van der Waals surface area contributed by atoms with Gasteiger partial charge in [0.1, 0.15) is 17.4 Å². The molecular formula is C18H16F2N4O4S2. The third kappa shape index (κ3) is 5.26. The van der Waals surface area contributed by atoms with Gasteiger partial charge in [-0.1, -0.05) is 11.8 Å². The highest BCUT2D eigenvalue weighted by atomic mass is 32.2. The number of pyridine rings is 1. The highest BCUT2D eigenvalue weighted by molar-refractivity contribution is 8.00. The first-order valence-electron chi connectivity index (χ1n) is 8.53. The average molecular weight is 454 g/mol. The van der Waals surface area contributed by atoms with Gasteiger partial charge in [-0.2, -0.15) is 0 Å². The van der Waals surface area contributed by atoms with Crippen LogP contribution in [0, 0.1) is 0 Å². The molecule has 8 nitrogen and oxygen atoms in total. The molecule has 3 rings (SSSR count). The van der Waals surface area contributed by atoms with Crippen molar-refractivity contribution in [1.29, 1.82) is 0 Å². The van der Waals surface area contributed by atoms with E-state index in [0.29, 0.717) is 16.0 Å². The number of ketones is 1. The maximum atomic E-state index is 13.1. The largest absolute Gasteiger partial charge is 0.495 e. The fourth-order valence-electron chi connectivity index (χ4n) is 2.37. The summed E-state index contributed by atoms with van der Waals surface area (Å²) in [4.78, 5) is 36.5. The maximum absolute atomic E-state index is 13.1. The topological polar surface area (TPSA) is 114 Å². The summed E-state index contributed by atoms with van der Waals surface area (Å²) in [6.07, 6.45) is -1.50. The summed E-state index contributed by atoms with van der Waals surface area (Å²) < 4.78 is 31.4. The van der Waals surface area contributed by atoms with Gasteiger partial charge in [-0.05, 0) is 18.2 Å². The summed E-state index contributed by atoms with van der Waals surface area (Å²) in [7, 11) is 1.45. The molecule has 3 aromatic rings. The van der Waals surface area contributed by atoms with Crippen LogP contribution in [0.1, 0.15) is 26.8 Å². The number of ether oxygens (including phenoxy) is 1. The summed E-state index contributed by atoms with van der Waals surface area (Å²) in [6, 6.07) is 4.91. The van der Waals surface area contributed by atoms with Crippen LogP contribution in [0.15, 0.2) is 29.4 Å². The number of Topliss-reactive ketones (excluding diaryl/α,β-unsaturated/α-hetero) is 1. The van der Waals surface area contributed by atoms with Gasteiger partial charge < -0.3 is 15.2 Å². The van der Waals surface area contributed by atoms with Gasteiger partial charge in [-0.15, -0.1) is 11.3 Å². The predicted octanol–water partition coefficient (Wildman–Crippen LogP) is 2.62. The zero-order chi connectivity index (χ0) is 21.7. The molecule has 158 valence electrons. The van der Waals surface area contributed by atoms with Crippen molar-refractivity contribution in [3.8, 4) is 5.75 Å². The van der Waals surface area contributed by atoms with Gasteiger partial charge in [-0.25, -0.2) is 23.7 Å². The number of fused-ring (bicyclic) bond motifs is 1. The van der Waals surface area contributed by atoms with Gasteiger partial charge in [0.2, 0.25) is 5.91 Å². The molecule has 30 heavy (non-hydrogen) atoms. The van der Waals surface area contributed by atoms with E-state index in [0.717, 1.165) is 16.6 Å². The van der Waals surface area contributed by atoms with Crippen LogP contribution in [-0.2, 0) is 11.3 Å². The number of amides is 1. The second-order valence-electron chi connectivity index (χ2n) is 5.85. The molecule has 0 radical (unpaired) electrons. The Morgan fingerprint density at radius 1 is 1.33 bits per heavy atom. The molecule has 0 saturated heterocycles. The summed E-state index contributed by atoms with van der Waals surface area (Å²) in [5, 5.41) is 11.8. The van der Waals surface area contributed by atoms with Gasteiger partial charge in [-0.3, -0.25) is 9.59 Å². The zero-order valence-corrected chi connectivity index (χ0v) is 17.2. The number of alkyl halides is 2. The highest BCUT2D eigenvalue weighted by Crippen LogP contribution is 2.30. The Labute approximate surface area is 177 Å². The summed E-state index contributed by atoms with van der Waals surface area (Å²) in [6.45, 7) is -0.412. The van der Waals surface area contributed by atoms with Crippen molar-refractivity contribution >= 4 is 45.8 Å². The molecule has 0 fully saturated rings. The molecule has 3 heterocycles. The Morgan fingerprint density at radius 2 is 2.13 bits per heavy atom. The number of thioether (sulfide) groups is 1. The first-order valence-corrected chi connectivity index (χ1v) is 10.3. The van der Waals surface area contributed by atoms with E-state index >= 15 is 0 Å². The number of rotatable bonds is 9. The molecular weight excluding hydrogens is 438 g/mol. The lowest BCUT2D eigenvalue weighted by atomic mass is 10.3. The average Bonchev–Trinajstić information content (AvgIpc) is 3.24. The molecule has 0 saturated carbocycles. The van der Waals surface area contributed by atoms with Crippen molar-refractivity contribution in [3.63, 3.8) is 0 Å². The second kappa shape index (κ2) is 9.87. The van der Waals surface area contributed by atoms with Crippen molar-refractivity contribution in [1.82, 2.24) is 20.3 Å². The van der Waals surface area contributed by atoms with E-state index < -0.39 is 24.8 Å². The molecule has 0 unspecified atom stereocenters. The molecule has 12 heteroatoms. The zero-order valence-electron chi connectivity index (χ0n) is 15.6. The minimum Gasteiger partial charge on any atom is -0.495 e. The number of nitrogens with one attached hydrogen (secondary N) is 1. The van der Waals surface area contributed by atoms with Crippen molar-refractivity contribution in [3.05, 3.63) is 40.0 Å². The quantitative estimate of drug-likeness (QED) is 0.288. The molecule has 0 spiro atoms. The van der Waals surface area contributed by atoms with Crippen LogP contribution >= 0.6 is 23.1 Å². The number of nitrogens with zero attached hydrogens (tertiary/aromatic N) is 3. The third-order valence-electron chi connectivity index (χ3n) is 3.82. The monoisotopic (exact) mass is 454 g/mol. The lowest BCUT2D eigenvalue weighted by molar-refractivity contribution is -0.123. The van der Waals surface area contributed by atoms with Crippen molar-refractivity contribution in [2.45, 2.75) is 18.0 Å². The molecule has 1 amide bonds. The van der Waals surface area contributed by atoms with E-state index in [1.54, 1.807) is 18.2 Å². The molecule has 3 aromatic heterocycles. The van der Waals surface area contributed by atoms with Gasteiger partial charge in [0.05, 0.1) is 35.9 Å². The lowest BCUT2D eigenvalue weighted by Gasteiger charge is -2.08. The Kier molecular flexibility index (Phi) is 7.24. The number of hydrogen-bond acceptors (Lipinski definition) is 9. The minimum absolute atomic E-state index is 0.0328. The second-order valence-corrected chi connectivity index (χ2v) is 7.98. The van der Waals surface area contributed by atoms with Crippen LogP contribution in [0.5, 0.6) is 5.75 Å². The Balaban J connectivity index is 1.76. The van der Waals surface area contributed by atoms with E-state index in [-0.39, 0.29) is 28.8 Å². The SMILES string of the molecule is COc1cnc2nc(C(F)F)nc(SCC(=O)c3ccc(CNC(=O)CO)s3)c2c1. The highest BCUT2D eigenvalue weighted by Gasteiger charge is 2.18. The minimum atomic E-state index is -2.87. The number of methoxy groups -OCH3 is 1. The number of aromatic nitrogens is 3. The number of carbonyl (C=O) groups is 2. The maximum Gasteiger partial charge on any atom is 0.297 e. The summed E-state index contributed by atoms with van der Waals surface area (Å²) in [5.41, 5.74) is 0.0917. The Hall–Kier alpha value is -2.70. The molecule has 0 bridgehead atoms. The standard InChI is InChI=1S/C18H16F2N4O4S2/c1-28-9-4-11-16(22-5-9)23-17(15(19)20)24-18(11)29-8-12(26)13-3-2-10(30-13)6-21-14(27)7-25/h2-5,15,25H,6-8H2,1H3,(H,21,27). The van der Waals surface area contributed by atoms with Gasteiger partial charge in [0, 0.05) is 4.88 Å². The van der Waals surface area contributed by atoms with Gasteiger partial charge >= 0.3 is 0 Å². The van der Waals surface area contributed by atoms with Crippen molar-refractivity contribution < 1.29 is 28.2 Å². The summed E-state index contributed by atoms with van der Waals surface area (Å²) >= 11 is 2.21. The van der Waals surface area contributed by atoms with E-state index in [2.05, 4.69) is 20.3 Å². The van der Waals surface area contributed by atoms with Crippen LogP contribution in [0.4, 0.5) is 8.78 Å². The molecule has 0 aliphatic rings.